The first kappa shape index (κ1) is 11.5. The first-order valence-corrected chi connectivity index (χ1v) is 5.13. The van der Waals surface area contributed by atoms with E-state index in [0.717, 1.165) is 11.1 Å². The lowest BCUT2D eigenvalue weighted by Crippen LogP contribution is -2.15. The molecule has 0 aliphatic rings. The molecule has 0 spiro atoms. The van der Waals surface area contributed by atoms with E-state index in [1.807, 2.05) is 45.0 Å². The number of benzene rings is 1. The van der Waals surface area contributed by atoms with Crippen LogP contribution in [0.5, 0.6) is 0 Å². The number of allylic oxidation sites excluding steroid dienone is 1. The van der Waals surface area contributed by atoms with Gasteiger partial charge in [0.1, 0.15) is 0 Å². The molecule has 0 saturated heterocycles. The molecule has 0 heterocycles. The normalized spacial score (nSPS) is 10.9. The molecule has 1 aromatic rings. The Morgan fingerprint density at radius 2 is 1.87 bits per heavy atom. The molecule has 0 atom stereocenters. The molecule has 1 aromatic carbocycles. The van der Waals surface area contributed by atoms with E-state index in [1.165, 1.54) is 0 Å². The molecular formula is C13H17NO. The summed E-state index contributed by atoms with van der Waals surface area (Å²) in [5.74, 6) is 0.0307. The maximum atomic E-state index is 11.6. The van der Waals surface area contributed by atoms with E-state index in [4.69, 9.17) is 0 Å². The molecule has 0 fully saturated rings. The summed E-state index contributed by atoms with van der Waals surface area (Å²) in [5.41, 5.74) is 1.89. The molecule has 15 heavy (non-hydrogen) atoms. The minimum Gasteiger partial charge on any atom is -0.389 e. The first-order chi connectivity index (χ1) is 7.09. The van der Waals surface area contributed by atoms with E-state index in [2.05, 4.69) is 5.32 Å². The van der Waals surface area contributed by atoms with Crippen LogP contribution in [0.3, 0.4) is 0 Å². The summed E-state index contributed by atoms with van der Waals surface area (Å²) in [6, 6.07) is 7.93. The molecule has 0 aliphatic carbocycles. The van der Waals surface area contributed by atoms with Gasteiger partial charge in [0.15, 0.2) is 5.78 Å². The van der Waals surface area contributed by atoms with E-state index >= 15 is 0 Å². The van der Waals surface area contributed by atoms with E-state index in [0.29, 0.717) is 6.04 Å². The molecular weight excluding hydrogens is 186 g/mol. The molecule has 0 amide bonds. The van der Waals surface area contributed by atoms with Crippen molar-refractivity contribution in [2.24, 2.45) is 0 Å². The van der Waals surface area contributed by atoms with E-state index < -0.39 is 0 Å². The number of rotatable bonds is 4. The third-order valence-corrected chi connectivity index (χ3v) is 2.00. The lowest BCUT2D eigenvalue weighted by atomic mass is 10.1. The van der Waals surface area contributed by atoms with Gasteiger partial charge in [0, 0.05) is 23.9 Å². The highest BCUT2D eigenvalue weighted by Gasteiger charge is 1.99. The average Bonchev–Trinajstić information content (AvgIpc) is 2.18. The Labute approximate surface area is 91.0 Å². The third kappa shape index (κ3) is 3.98. The summed E-state index contributed by atoms with van der Waals surface area (Å²) in [4.78, 5) is 11.6. The van der Waals surface area contributed by atoms with Gasteiger partial charge in [-0.25, -0.2) is 0 Å². The van der Waals surface area contributed by atoms with Crippen molar-refractivity contribution in [2.75, 3.05) is 0 Å². The first-order valence-electron chi connectivity index (χ1n) is 5.13. The highest BCUT2D eigenvalue weighted by molar-refractivity contribution is 6.04. The summed E-state index contributed by atoms with van der Waals surface area (Å²) in [6.45, 7) is 6.06. The second-order valence-corrected chi connectivity index (χ2v) is 3.88. The van der Waals surface area contributed by atoms with Crippen molar-refractivity contribution in [3.63, 3.8) is 0 Å². The maximum absolute atomic E-state index is 11.6. The lowest BCUT2D eigenvalue weighted by Gasteiger charge is -2.02. The number of carbonyl (C=O) groups excluding carboxylic acids is 1. The number of aryl methyl sites for hydroxylation is 1. The van der Waals surface area contributed by atoms with Crippen molar-refractivity contribution < 1.29 is 4.79 Å². The van der Waals surface area contributed by atoms with Crippen LogP contribution in [0.15, 0.2) is 36.5 Å². The quantitative estimate of drug-likeness (QED) is 0.602. The van der Waals surface area contributed by atoms with Crippen molar-refractivity contribution in [3.8, 4) is 0 Å². The Hall–Kier alpha value is -1.57. The summed E-state index contributed by atoms with van der Waals surface area (Å²) in [6.07, 6.45) is 3.26. The number of nitrogens with one attached hydrogen (secondary N) is 1. The monoisotopic (exact) mass is 203 g/mol. The fraction of sp³-hybridized carbons (Fsp3) is 0.308. The van der Waals surface area contributed by atoms with Crippen LogP contribution in [0.4, 0.5) is 0 Å². The Balaban J connectivity index is 2.61. The van der Waals surface area contributed by atoms with Crippen molar-refractivity contribution in [3.05, 3.63) is 47.7 Å². The van der Waals surface area contributed by atoms with Gasteiger partial charge in [0.2, 0.25) is 0 Å². The van der Waals surface area contributed by atoms with Crippen molar-refractivity contribution in [2.45, 2.75) is 26.8 Å². The molecule has 1 rings (SSSR count). The van der Waals surface area contributed by atoms with Crippen LogP contribution in [-0.4, -0.2) is 11.8 Å². The zero-order valence-electron chi connectivity index (χ0n) is 9.45. The van der Waals surface area contributed by atoms with Gasteiger partial charge < -0.3 is 5.32 Å². The van der Waals surface area contributed by atoms with Crippen LogP contribution in [0, 0.1) is 6.92 Å². The molecule has 2 nitrogen and oxygen atoms in total. The summed E-state index contributed by atoms with van der Waals surface area (Å²) in [5, 5.41) is 3.06. The molecule has 80 valence electrons. The predicted molar refractivity (Wildman–Crippen MR) is 62.9 cm³/mol. The molecule has 0 radical (unpaired) electrons. The predicted octanol–water partition coefficient (Wildman–Crippen LogP) is 2.69. The smallest absolute Gasteiger partial charge is 0.187 e. The molecule has 0 saturated carbocycles. The third-order valence-electron chi connectivity index (χ3n) is 2.00. The van der Waals surface area contributed by atoms with Crippen LogP contribution in [0.25, 0.3) is 0 Å². The number of carbonyl (C=O) groups is 1. The van der Waals surface area contributed by atoms with Crippen LogP contribution in [0.1, 0.15) is 29.8 Å². The van der Waals surface area contributed by atoms with E-state index in [1.54, 1.807) is 12.3 Å². The molecule has 0 aromatic heterocycles. The topological polar surface area (TPSA) is 29.1 Å². The second-order valence-electron chi connectivity index (χ2n) is 3.88. The summed E-state index contributed by atoms with van der Waals surface area (Å²) in [7, 11) is 0. The Bertz CT molecular complexity index is 349. The van der Waals surface area contributed by atoms with Gasteiger partial charge in [-0.3, -0.25) is 4.79 Å². The SMILES string of the molecule is Cc1ccc(C(=O)/C=C\NC(C)C)cc1. The van der Waals surface area contributed by atoms with Gasteiger partial charge >= 0.3 is 0 Å². The summed E-state index contributed by atoms with van der Waals surface area (Å²) < 4.78 is 0. The molecule has 0 aliphatic heterocycles. The average molecular weight is 203 g/mol. The highest BCUT2D eigenvalue weighted by atomic mass is 16.1. The van der Waals surface area contributed by atoms with Crippen molar-refractivity contribution in [1.29, 1.82) is 0 Å². The number of hydrogen-bond acceptors (Lipinski definition) is 2. The van der Waals surface area contributed by atoms with Gasteiger partial charge in [-0.05, 0) is 20.8 Å². The van der Waals surface area contributed by atoms with Crippen LogP contribution >= 0.6 is 0 Å². The molecule has 2 heteroatoms. The second kappa shape index (κ2) is 5.35. The van der Waals surface area contributed by atoms with Gasteiger partial charge in [0.05, 0.1) is 0 Å². The minimum absolute atomic E-state index is 0.0307. The maximum Gasteiger partial charge on any atom is 0.187 e. The van der Waals surface area contributed by atoms with Crippen LogP contribution in [-0.2, 0) is 0 Å². The van der Waals surface area contributed by atoms with E-state index in [9.17, 15) is 4.79 Å². The summed E-state index contributed by atoms with van der Waals surface area (Å²) >= 11 is 0. The Morgan fingerprint density at radius 3 is 2.40 bits per heavy atom. The zero-order valence-corrected chi connectivity index (χ0v) is 9.45. The zero-order chi connectivity index (χ0) is 11.3. The van der Waals surface area contributed by atoms with Gasteiger partial charge in [0.25, 0.3) is 0 Å². The van der Waals surface area contributed by atoms with Gasteiger partial charge in [-0.1, -0.05) is 29.8 Å². The minimum atomic E-state index is 0.0307. The van der Waals surface area contributed by atoms with Crippen molar-refractivity contribution in [1.82, 2.24) is 5.32 Å². The largest absolute Gasteiger partial charge is 0.389 e. The fourth-order valence-corrected chi connectivity index (χ4v) is 1.13. The number of hydrogen-bond donors (Lipinski definition) is 1. The van der Waals surface area contributed by atoms with Gasteiger partial charge in [-0.15, -0.1) is 0 Å². The van der Waals surface area contributed by atoms with Crippen LogP contribution < -0.4 is 5.32 Å². The van der Waals surface area contributed by atoms with Crippen LogP contribution in [0.2, 0.25) is 0 Å². The lowest BCUT2D eigenvalue weighted by molar-refractivity contribution is 0.104. The van der Waals surface area contributed by atoms with Crippen molar-refractivity contribution >= 4 is 5.78 Å². The molecule has 1 N–H and O–H groups in total. The highest BCUT2D eigenvalue weighted by Crippen LogP contribution is 2.04. The Kier molecular flexibility index (Phi) is 4.10. The number of ketones is 1. The Morgan fingerprint density at radius 1 is 1.27 bits per heavy atom. The fourth-order valence-electron chi connectivity index (χ4n) is 1.13. The van der Waals surface area contributed by atoms with Gasteiger partial charge in [-0.2, -0.15) is 0 Å². The molecule has 0 unspecified atom stereocenters. The van der Waals surface area contributed by atoms with E-state index in [-0.39, 0.29) is 5.78 Å². The standard InChI is InChI=1S/C13H17NO/c1-10(2)14-9-8-13(15)12-6-4-11(3)5-7-12/h4-10,14H,1-3H3/b9-8-. The molecule has 0 bridgehead atoms.